The Morgan fingerprint density at radius 1 is 1.05 bits per heavy atom. The number of fused-ring (bicyclic) bond motifs is 1. The molecule has 8 nitrogen and oxygen atoms in total. The van der Waals surface area contributed by atoms with Crippen molar-refractivity contribution in [2.24, 2.45) is 0 Å². The molecule has 3 heterocycles. The molecule has 0 radical (unpaired) electrons. The number of anilines is 3. The van der Waals surface area contributed by atoms with Crippen molar-refractivity contribution in [1.29, 1.82) is 0 Å². The highest BCUT2D eigenvalue weighted by Crippen LogP contribution is 2.30. The summed E-state index contributed by atoms with van der Waals surface area (Å²) in [4.78, 5) is 34.9. The Hall–Kier alpha value is -4.04. The van der Waals surface area contributed by atoms with Crippen LogP contribution in [0.2, 0.25) is 5.02 Å². The summed E-state index contributed by atoms with van der Waals surface area (Å²) in [5.74, 6) is 0.310. The number of pyridine rings is 2. The highest BCUT2D eigenvalue weighted by atomic mass is 35.5. The third-order valence-corrected chi connectivity index (χ3v) is 6.84. The molecule has 0 bridgehead atoms. The topological polar surface area (TPSA) is 93.7 Å². The van der Waals surface area contributed by atoms with E-state index < -0.39 is 5.97 Å². The van der Waals surface area contributed by atoms with Crippen molar-refractivity contribution in [2.45, 2.75) is 13.5 Å². The van der Waals surface area contributed by atoms with Crippen LogP contribution in [0.3, 0.4) is 0 Å². The molecule has 0 unspecified atom stereocenters. The van der Waals surface area contributed by atoms with Crippen LogP contribution in [0, 0.1) is 0 Å². The van der Waals surface area contributed by atoms with Crippen molar-refractivity contribution >= 4 is 45.7 Å². The molecule has 1 aliphatic heterocycles. The zero-order valence-corrected chi connectivity index (χ0v) is 21.3. The van der Waals surface area contributed by atoms with Gasteiger partial charge in [-0.05, 0) is 48.9 Å². The van der Waals surface area contributed by atoms with E-state index in [-0.39, 0.29) is 17.6 Å². The van der Waals surface area contributed by atoms with Gasteiger partial charge in [-0.2, -0.15) is 0 Å². The lowest BCUT2D eigenvalue weighted by atomic mass is 10.1. The summed E-state index contributed by atoms with van der Waals surface area (Å²) in [5, 5.41) is 1.02. The number of esters is 1. The molecule has 37 heavy (non-hydrogen) atoms. The molecular weight excluding hydrogens is 490 g/mol. The number of hydrogen-bond donors (Lipinski definition) is 1. The van der Waals surface area contributed by atoms with E-state index in [4.69, 9.17) is 22.1 Å². The van der Waals surface area contributed by atoms with Gasteiger partial charge in [0.05, 0.1) is 23.5 Å². The standard InChI is InChI=1S/C28H28ClN5O3/c1-2-37-28(36)22-18-34(17-19-6-8-20(29)9-7-19)24-16-25(23(30)15-21(24)27(22)35)32-11-13-33(14-12-32)26-5-3-4-10-31-26/h3-10,15-16,18H,2,11-14,17,30H2,1H3. The fourth-order valence-corrected chi connectivity index (χ4v) is 4.83. The molecule has 0 aliphatic carbocycles. The minimum atomic E-state index is -0.646. The van der Waals surface area contributed by atoms with E-state index in [9.17, 15) is 9.59 Å². The van der Waals surface area contributed by atoms with Crippen LogP contribution in [-0.2, 0) is 11.3 Å². The average Bonchev–Trinajstić information content (AvgIpc) is 2.92. The number of rotatable bonds is 6. The van der Waals surface area contributed by atoms with Gasteiger partial charge in [-0.15, -0.1) is 0 Å². The Labute approximate surface area is 219 Å². The van der Waals surface area contributed by atoms with Crippen LogP contribution >= 0.6 is 11.6 Å². The lowest BCUT2D eigenvalue weighted by Crippen LogP contribution is -2.47. The van der Waals surface area contributed by atoms with Crippen LogP contribution in [0.1, 0.15) is 22.8 Å². The van der Waals surface area contributed by atoms with Gasteiger partial charge in [-0.3, -0.25) is 4.79 Å². The van der Waals surface area contributed by atoms with Crippen molar-refractivity contribution in [3.05, 3.63) is 93.4 Å². The number of benzene rings is 2. The minimum Gasteiger partial charge on any atom is -0.462 e. The van der Waals surface area contributed by atoms with Crippen molar-refractivity contribution in [3.63, 3.8) is 0 Å². The van der Waals surface area contributed by atoms with Gasteiger partial charge >= 0.3 is 5.97 Å². The number of ether oxygens (including phenoxy) is 1. The molecule has 1 fully saturated rings. The van der Waals surface area contributed by atoms with Crippen molar-refractivity contribution in [3.8, 4) is 0 Å². The van der Waals surface area contributed by atoms with E-state index in [1.807, 2.05) is 53.1 Å². The number of aromatic nitrogens is 2. The van der Waals surface area contributed by atoms with Gasteiger partial charge in [0, 0.05) is 55.5 Å². The number of halogens is 1. The van der Waals surface area contributed by atoms with Crippen molar-refractivity contribution in [2.75, 3.05) is 48.3 Å². The fraction of sp³-hybridized carbons (Fsp3) is 0.250. The molecule has 2 aromatic carbocycles. The molecule has 2 N–H and O–H groups in total. The van der Waals surface area contributed by atoms with E-state index in [1.54, 1.807) is 25.4 Å². The number of carbonyl (C=O) groups excluding carboxylic acids is 1. The predicted molar refractivity (Wildman–Crippen MR) is 148 cm³/mol. The third-order valence-electron chi connectivity index (χ3n) is 6.58. The summed E-state index contributed by atoms with van der Waals surface area (Å²) in [7, 11) is 0. The summed E-state index contributed by atoms with van der Waals surface area (Å²) in [6.07, 6.45) is 3.38. The molecule has 0 atom stereocenters. The van der Waals surface area contributed by atoms with E-state index in [1.165, 1.54) is 0 Å². The Morgan fingerprint density at radius 2 is 1.78 bits per heavy atom. The van der Waals surface area contributed by atoms with Gasteiger partial charge in [-0.25, -0.2) is 9.78 Å². The summed E-state index contributed by atoms with van der Waals surface area (Å²) in [6.45, 7) is 5.45. The maximum Gasteiger partial charge on any atom is 0.343 e. The van der Waals surface area contributed by atoms with Crippen LogP contribution in [-0.4, -0.2) is 48.3 Å². The van der Waals surface area contributed by atoms with Crippen LogP contribution in [0.15, 0.2) is 71.8 Å². The molecule has 190 valence electrons. The van der Waals surface area contributed by atoms with Gasteiger partial charge in [0.2, 0.25) is 5.43 Å². The summed E-state index contributed by atoms with van der Waals surface area (Å²) in [5.41, 5.74) is 9.12. The Balaban J connectivity index is 1.54. The number of carbonyl (C=O) groups is 1. The second kappa shape index (κ2) is 10.5. The van der Waals surface area contributed by atoms with E-state index in [0.29, 0.717) is 28.2 Å². The van der Waals surface area contributed by atoms with Crippen LogP contribution in [0.25, 0.3) is 10.9 Å². The monoisotopic (exact) mass is 517 g/mol. The number of nitrogens with two attached hydrogens (primary N) is 1. The number of piperazine rings is 1. The largest absolute Gasteiger partial charge is 0.462 e. The smallest absolute Gasteiger partial charge is 0.343 e. The van der Waals surface area contributed by atoms with Gasteiger partial charge in [0.15, 0.2) is 0 Å². The quantitative estimate of drug-likeness (QED) is 0.303. The summed E-state index contributed by atoms with van der Waals surface area (Å²) < 4.78 is 7.06. The molecule has 5 rings (SSSR count). The van der Waals surface area contributed by atoms with Gasteiger partial charge in [0.1, 0.15) is 11.4 Å². The molecule has 9 heteroatoms. The molecule has 2 aromatic heterocycles. The summed E-state index contributed by atoms with van der Waals surface area (Å²) in [6, 6.07) is 17.0. The van der Waals surface area contributed by atoms with Crippen LogP contribution < -0.4 is 21.0 Å². The zero-order valence-electron chi connectivity index (χ0n) is 20.6. The van der Waals surface area contributed by atoms with Crippen LogP contribution in [0.4, 0.5) is 17.2 Å². The lowest BCUT2D eigenvalue weighted by molar-refractivity contribution is 0.0524. The highest BCUT2D eigenvalue weighted by Gasteiger charge is 2.23. The first-order chi connectivity index (χ1) is 17.9. The maximum atomic E-state index is 13.3. The fourth-order valence-electron chi connectivity index (χ4n) is 4.71. The van der Waals surface area contributed by atoms with E-state index in [0.717, 1.165) is 43.2 Å². The molecule has 0 saturated carbocycles. The highest BCUT2D eigenvalue weighted by molar-refractivity contribution is 6.30. The first kappa shape index (κ1) is 24.6. The normalized spacial score (nSPS) is 13.7. The Bertz CT molecular complexity index is 1480. The second-order valence-corrected chi connectivity index (χ2v) is 9.37. The Morgan fingerprint density at radius 3 is 2.46 bits per heavy atom. The average molecular weight is 518 g/mol. The van der Waals surface area contributed by atoms with Gasteiger partial charge in [0.25, 0.3) is 0 Å². The Kier molecular flexibility index (Phi) is 7.01. The van der Waals surface area contributed by atoms with Crippen LogP contribution in [0.5, 0.6) is 0 Å². The van der Waals surface area contributed by atoms with E-state index in [2.05, 4.69) is 14.8 Å². The molecule has 4 aromatic rings. The lowest BCUT2D eigenvalue weighted by Gasteiger charge is -2.37. The van der Waals surface area contributed by atoms with Crippen molar-refractivity contribution < 1.29 is 9.53 Å². The third kappa shape index (κ3) is 5.11. The number of hydrogen-bond acceptors (Lipinski definition) is 7. The first-order valence-corrected chi connectivity index (χ1v) is 12.6. The van der Waals surface area contributed by atoms with Gasteiger partial charge < -0.3 is 24.8 Å². The number of nitrogen functional groups attached to an aromatic ring is 1. The van der Waals surface area contributed by atoms with Gasteiger partial charge in [-0.1, -0.05) is 29.8 Å². The molecule has 1 saturated heterocycles. The predicted octanol–water partition coefficient (Wildman–Crippen LogP) is 4.18. The number of nitrogens with zero attached hydrogens (tertiary/aromatic N) is 4. The van der Waals surface area contributed by atoms with E-state index >= 15 is 0 Å². The second-order valence-electron chi connectivity index (χ2n) is 8.94. The molecule has 1 aliphatic rings. The molecular formula is C28H28ClN5O3. The first-order valence-electron chi connectivity index (χ1n) is 12.2. The SMILES string of the molecule is CCOC(=O)c1cn(Cc2ccc(Cl)cc2)c2cc(N3CCN(c4ccccn4)CC3)c(N)cc2c1=O. The minimum absolute atomic E-state index is 0.0144. The summed E-state index contributed by atoms with van der Waals surface area (Å²) >= 11 is 6.07. The zero-order chi connectivity index (χ0) is 25.9. The molecule has 0 amide bonds. The molecule has 0 spiro atoms. The maximum absolute atomic E-state index is 13.3. The van der Waals surface area contributed by atoms with Crippen molar-refractivity contribution in [1.82, 2.24) is 9.55 Å².